The summed E-state index contributed by atoms with van der Waals surface area (Å²) in [5.74, 6) is 0.219. The maximum absolute atomic E-state index is 12.4. The van der Waals surface area contributed by atoms with Crippen LogP contribution in [-0.2, 0) is 14.3 Å². The lowest BCUT2D eigenvalue weighted by atomic mass is 9.92. The molecular formula is C24H31NO4. The smallest absolute Gasteiger partial charge is 0.344 e. The highest BCUT2D eigenvalue weighted by Gasteiger charge is 2.17. The third-order valence-electron chi connectivity index (χ3n) is 4.90. The zero-order valence-corrected chi connectivity index (χ0v) is 18.2. The highest BCUT2D eigenvalue weighted by atomic mass is 16.6. The Balaban J connectivity index is 1.95. The molecule has 0 saturated carbocycles. The Bertz CT molecular complexity index is 845. The Morgan fingerprint density at radius 1 is 0.897 bits per heavy atom. The van der Waals surface area contributed by atoms with Gasteiger partial charge in [-0.2, -0.15) is 0 Å². The lowest BCUT2D eigenvalue weighted by Gasteiger charge is -2.20. The van der Waals surface area contributed by atoms with Gasteiger partial charge < -0.3 is 14.8 Å². The number of esters is 1. The molecule has 0 atom stereocenters. The molecule has 156 valence electrons. The van der Waals surface area contributed by atoms with E-state index >= 15 is 0 Å². The SMILES string of the molecule is Cc1cccc(OCC(=O)OCC(=O)Nc2c(C(C)C)cccc2C(C)C)c1C. The number of hydrogen-bond donors (Lipinski definition) is 1. The molecule has 1 N–H and O–H groups in total. The van der Waals surface area contributed by atoms with Gasteiger partial charge in [0.2, 0.25) is 0 Å². The number of para-hydroxylation sites is 1. The van der Waals surface area contributed by atoms with Gasteiger partial charge in [0.1, 0.15) is 5.75 Å². The largest absolute Gasteiger partial charge is 0.482 e. The zero-order valence-electron chi connectivity index (χ0n) is 18.2. The summed E-state index contributed by atoms with van der Waals surface area (Å²) in [7, 11) is 0. The lowest BCUT2D eigenvalue weighted by Crippen LogP contribution is -2.25. The fraction of sp³-hybridized carbons (Fsp3) is 0.417. The van der Waals surface area contributed by atoms with Crippen molar-refractivity contribution in [2.24, 2.45) is 0 Å². The minimum Gasteiger partial charge on any atom is -0.482 e. The zero-order chi connectivity index (χ0) is 21.6. The lowest BCUT2D eigenvalue weighted by molar-refractivity contribution is -0.149. The standard InChI is InChI=1S/C24H31NO4/c1-15(2)19-10-8-11-20(16(3)4)24(19)25-22(26)13-29-23(27)14-28-21-12-7-9-17(5)18(21)6/h7-12,15-16H,13-14H2,1-6H3,(H,25,26). The van der Waals surface area contributed by atoms with Crippen molar-refractivity contribution >= 4 is 17.6 Å². The molecular weight excluding hydrogens is 366 g/mol. The van der Waals surface area contributed by atoms with Crippen LogP contribution in [0.4, 0.5) is 5.69 Å². The van der Waals surface area contributed by atoms with E-state index in [0.29, 0.717) is 5.75 Å². The average Bonchev–Trinajstić information content (AvgIpc) is 2.67. The van der Waals surface area contributed by atoms with Crippen molar-refractivity contribution in [3.63, 3.8) is 0 Å². The Morgan fingerprint density at radius 3 is 2.07 bits per heavy atom. The monoisotopic (exact) mass is 397 g/mol. The van der Waals surface area contributed by atoms with E-state index in [1.165, 1.54) is 0 Å². The first-order valence-corrected chi connectivity index (χ1v) is 9.98. The van der Waals surface area contributed by atoms with Crippen LogP contribution in [0.1, 0.15) is 61.8 Å². The number of hydrogen-bond acceptors (Lipinski definition) is 4. The third-order valence-corrected chi connectivity index (χ3v) is 4.90. The highest BCUT2D eigenvalue weighted by molar-refractivity contribution is 5.94. The van der Waals surface area contributed by atoms with Gasteiger partial charge in [-0.1, -0.05) is 58.0 Å². The number of carbonyl (C=O) groups is 2. The Hall–Kier alpha value is -2.82. The van der Waals surface area contributed by atoms with Crippen LogP contribution in [-0.4, -0.2) is 25.1 Å². The molecule has 0 saturated heterocycles. The first-order chi connectivity index (χ1) is 13.7. The number of aryl methyl sites for hydroxylation is 1. The van der Waals surface area contributed by atoms with Crippen LogP contribution in [0.2, 0.25) is 0 Å². The van der Waals surface area contributed by atoms with Gasteiger partial charge in [0.05, 0.1) is 0 Å². The molecule has 5 nitrogen and oxygen atoms in total. The molecule has 5 heteroatoms. The quantitative estimate of drug-likeness (QED) is 0.629. The minimum absolute atomic E-state index is 0.239. The van der Waals surface area contributed by atoms with Gasteiger partial charge >= 0.3 is 5.97 Å². The van der Waals surface area contributed by atoms with E-state index in [9.17, 15) is 9.59 Å². The number of benzene rings is 2. The molecule has 1 amide bonds. The maximum atomic E-state index is 12.4. The second-order valence-corrected chi connectivity index (χ2v) is 7.82. The predicted octanol–water partition coefficient (Wildman–Crippen LogP) is 5.11. The van der Waals surface area contributed by atoms with Gasteiger partial charge in [-0.15, -0.1) is 0 Å². The van der Waals surface area contributed by atoms with Gasteiger partial charge in [0.25, 0.3) is 5.91 Å². The van der Waals surface area contributed by atoms with Crippen LogP contribution < -0.4 is 10.1 Å². The van der Waals surface area contributed by atoms with E-state index in [2.05, 4.69) is 33.0 Å². The van der Waals surface area contributed by atoms with Crippen LogP contribution in [0.25, 0.3) is 0 Å². The van der Waals surface area contributed by atoms with E-state index in [4.69, 9.17) is 9.47 Å². The van der Waals surface area contributed by atoms with Crippen LogP contribution in [0.3, 0.4) is 0 Å². The van der Waals surface area contributed by atoms with Crippen LogP contribution in [0, 0.1) is 13.8 Å². The van der Waals surface area contributed by atoms with Gasteiger partial charge in [0, 0.05) is 5.69 Å². The third kappa shape index (κ3) is 6.08. The van der Waals surface area contributed by atoms with Gasteiger partial charge in [0.15, 0.2) is 13.2 Å². The molecule has 2 aromatic carbocycles. The van der Waals surface area contributed by atoms with Crippen molar-refractivity contribution in [3.8, 4) is 5.75 Å². The van der Waals surface area contributed by atoms with E-state index < -0.39 is 5.97 Å². The summed E-state index contributed by atoms with van der Waals surface area (Å²) in [4.78, 5) is 24.4. The van der Waals surface area contributed by atoms with E-state index in [1.54, 1.807) is 6.07 Å². The van der Waals surface area contributed by atoms with Crippen LogP contribution in [0.15, 0.2) is 36.4 Å². The molecule has 0 unspecified atom stereocenters. The second kappa shape index (κ2) is 10.1. The van der Waals surface area contributed by atoms with Gasteiger partial charge in [-0.3, -0.25) is 4.79 Å². The summed E-state index contributed by atoms with van der Waals surface area (Å²) >= 11 is 0. The first kappa shape index (κ1) is 22.5. The Morgan fingerprint density at radius 2 is 1.48 bits per heavy atom. The molecule has 29 heavy (non-hydrogen) atoms. The molecule has 2 aromatic rings. The molecule has 0 spiro atoms. The van der Waals surface area contributed by atoms with Crippen LogP contribution >= 0.6 is 0 Å². The fourth-order valence-corrected chi connectivity index (χ4v) is 3.08. The van der Waals surface area contributed by atoms with E-state index in [0.717, 1.165) is 27.9 Å². The summed E-state index contributed by atoms with van der Waals surface area (Å²) < 4.78 is 10.6. The number of carbonyl (C=O) groups excluding carboxylic acids is 2. The molecule has 0 aliphatic rings. The number of anilines is 1. The molecule has 0 heterocycles. The van der Waals surface area contributed by atoms with Crippen molar-refractivity contribution in [1.82, 2.24) is 0 Å². The molecule has 0 fully saturated rings. The number of ether oxygens (including phenoxy) is 2. The van der Waals surface area contributed by atoms with Gasteiger partial charge in [-0.25, -0.2) is 4.79 Å². The molecule has 0 bridgehead atoms. The molecule has 0 aliphatic heterocycles. The predicted molar refractivity (Wildman–Crippen MR) is 116 cm³/mol. The van der Waals surface area contributed by atoms with Crippen molar-refractivity contribution < 1.29 is 19.1 Å². The topological polar surface area (TPSA) is 64.6 Å². The second-order valence-electron chi connectivity index (χ2n) is 7.82. The van der Waals surface area contributed by atoms with Crippen molar-refractivity contribution in [2.45, 2.75) is 53.4 Å². The highest BCUT2D eigenvalue weighted by Crippen LogP contribution is 2.32. The van der Waals surface area contributed by atoms with Gasteiger partial charge in [-0.05, 0) is 54.0 Å². The van der Waals surface area contributed by atoms with Crippen molar-refractivity contribution in [2.75, 3.05) is 18.5 Å². The Kier molecular flexibility index (Phi) is 7.82. The number of nitrogens with one attached hydrogen (secondary N) is 1. The fourth-order valence-electron chi connectivity index (χ4n) is 3.08. The maximum Gasteiger partial charge on any atom is 0.344 e. The van der Waals surface area contributed by atoms with E-state index in [-0.39, 0.29) is 31.0 Å². The minimum atomic E-state index is -0.581. The van der Waals surface area contributed by atoms with Crippen LogP contribution in [0.5, 0.6) is 5.75 Å². The summed E-state index contributed by atoms with van der Waals surface area (Å²) in [5.41, 5.74) is 5.00. The Labute approximate surface area is 173 Å². The normalized spacial score (nSPS) is 10.9. The number of rotatable bonds is 8. The summed E-state index contributed by atoms with van der Waals surface area (Å²) in [6, 6.07) is 11.7. The summed E-state index contributed by atoms with van der Waals surface area (Å²) in [6.07, 6.45) is 0. The first-order valence-electron chi connectivity index (χ1n) is 9.98. The molecule has 2 rings (SSSR count). The number of amides is 1. The summed E-state index contributed by atoms with van der Waals surface area (Å²) in [5, 5.41) is 2.93. The van der Waals surface area contributed by atoms with E-state index in [1.807, 2.05) is 44.2 Å². The van der Waals surface area contributed by atoms with Crippen molar-refractivity contribution in [1.29, 1.82) is 0 Å². The average molecular weight is 398 g/mol. The molecule has 0 aromatic heterocycles. The molecule has 0 aliphatic carbocycles. The van der Waals surface area contributed by atoms with Crippen molar-refractivity contribution in [3.05, 3.63) is 58.7 Å². The summed E-state index contributed by atoms with van der Waals surface area (Å²) in [6.45, 7) is 11.7. The molecule has 0 radical (unpaired) electrons.